The Bertz CT molecular complexity index is 584. The van der Waals surface area contributed by atoms with Gasteiger partial charge < -0.3 is 11.1 Å². The number of halogens is 2. The number of rotatable bonds is 2. The molecule has 0 fully saturated rings. The molecule has 18 heavy (non-hydrogen) atoms. The normalized spacial score (nSPS) is 10.1. The molecular formula is C12H9F2N3O. The van der Waals surface area contributed by atoms with E-state index in [1.165, 1.54) is 18.2 Å². The van der Waals surface area contributed by atoms with Crippen molar-refractivity contribution < 1.29 is 13.6 Å². The minimum absolute atomic E-state index is 0.00657. The number of pyridine rings is 1. The molecule has 0 atom stereocenters. The highest BCUT2D eigenvalue weighted by Crippen LogP contribution is 2.16. The number of carbonyl (C=O) groups excluding carboxylic acids is 1. The van der Waals surface area contributed by atoms with E-state index in [0.29, 0.717) is 0 Å². The van der Waals surface area contributed by atoms with Gasteiger partial charge in [-0.1, -0.05) is 0 Å². The van der Waals surface area contributed by atoms with Gasteiger partial charge in [-0.15, -0.1) is 0 Å². The number of aromatic nitrogens is 1. The molecule has 0 aliphatic carbocycles. The zero-order valence-corrected chi connectivity index (χ0v) is 9.15. The highest BCUT2D eigenvalue weighted by Gasteiger charge is 2.08. The van der Waals surface area contributed by atoms with Crippen LogP contribution in [0.2, 0.25) is 0 Å². The summed E-state index contributed by atoms with van der Waals surface area (Å²) in [6.07, 6.45) is 0.929. The van der Waals surface area contributed by atoms with Crippen LogP contribution in [0.4, 0.5) is 20.2 Å². The van der Waals surface area contributed by atoms with Crippen molar-refractivity contribution >= 4 is 17.3 Å². The van der Waals surface area contributed by atoms with Crippen molar-refractivity contribution in [1.82, 2.24) is 4.98 Å². The van der Waals surface area contributed by atoms with Crippen molar-refractivity contribution in [3.8, 4) is 0 Å². The maximum atomic E-state index is 13.1. The number of hydrogen-bond donors (Lipinski definition) is 2. The Hall–Kier alpha value is -2.50. The molecule has 2 rings (SSSR count). The number of nitrogens with one attached hydrogen (secondary N) is 1. The maximum absolute atomic E-state index is 13.1. The highest BCUT2D eigenvalue weighted by atomic mass is 19.1. The van der Waals surface area contributed by atoms with Crippen molar-refractivity contribution in [3.63, 3.8) is 0 Å². The molecule has 0 saturated heterocycles. The number of hydrogen-bond acceptors (Lipinski definition) is 3. The van der Waals surface area contributed by atoms with E-state index in [2.05, 4.69) is 10.3 Å². The molecule has 2 aromatic rings. The Labute approximate surface area is 101 Å². The molecule has 92 valence electrons. The van der Waals surface area contributed by atoms with Crippen LogP contribution in [0, 0.1) is 11.6 Å². The smallest absolute Gasteiger partial charge is 0.274 e. The van der Waals surface area contributed by atoms with Crippen LogP contribution < -0.4 is 11.1 Å². The summed E-state index contributed by atoms with van der Waals surface area (Å²) in [6, 6.07) is 6.24. The van der Waals surface area contributed by atoms with Crippen molar-refractivity contribution in [1.29, 1.82) is 0 Å². The zero-order chi connectivity index (χ0) is 13.1. The predicted octanol–water partition coefficient (Wildman–Crippen LogP) is 2.19. The first-order valence-corrected chi connectivity index (χ1v) is 5.04. The van der Waals surface area contributed by atoms with E-state index in [0.717, 1.165) is 18.3 Å². The summed E-state index contributed by atoms with van der Waals surface area (Å²) in [6.45, 7) is 0. The maximum Gasteiger partial charge on any atom is 0.274 e. The summed E-state index contributed by atoms with van der Waals surface area (Å²) in [5, 5.41) is 2.43. The third kappa shape index (κ3) is 2.60. The van der Waals surface area contributed by atoms with Crippen LogP contribution >= 0.6 is 0 Å². The molecule has 0 bridgehead atoms. The van der Waals surface area contributed by atoms with Crippen LogP contribution in [0.1, 0.15) is 10.5 Å². The van der Waals surface area contributed by atoms with Crippen molar-refractivity contribution in [2.45, 2.75) is 0 Å². The fraction of sp³-hybridized carbons (Fsp3) is 0. The Morgan fingerprint density at radius 1 is 1.22 bits per heavy atom. The lowest BCUT2D eigenvalue weighted by Gasteiger charge is -2.05. The summed E-state index contributed by atoms with van der Waals surface area (Å²) in [4.78, 5) is 15.3. The van der Waals surface area contributed by atoms with E-state index in [4.69, 9.17) is 5.73 Å². The van der Waals surface area contributed by atoms with E-state index in [1.54, 1.807) is 0 Å². The van der Waals surface area contributed by atoms with Crippen LogP contribution in [0.25, 0.3) is 0 Å². The molecule has 1 heterocycles. The monoisotopic (exact) mass is 249 g/mol. The lowest BCUT2D eigenvalue weighted by Crippen LogP contribution is -2.13. The van der Waals surface area contributed by atoms with E-state index < -0.39 is 17.5 Å². The molecule has 1 aromatic carbocycles. The number of carbonyl (C=O) groups is 1. The van der Waals surface area contributed by atoms with Gasteiger partial charge in [0.15, 0.2) is 0 Å². The fourth-order valence-corrected chi connectivity index (χ4v) is 1.31. The molecule has 0 aliphatic heterocycles. The minimum atomic E-state index is -0.625. The molecular weight excluding hydrogens is 240 g/mol. The largest absolute Gasteiger partial charge is 0.396 e. The Morgan fingerprint density at radius 2 is 2.00 bits per heavy atom. The quantitative estimate of drug-likeness (QED) is 0.801. The third-order valence-electron chi connectivity index (χ3n) is 2.22. The van der Waals surface area contributed by atoms with Crippen LogP contribution in [0.5, 0.6) is 0 Å². The van der Waals surface area contributed by atoms with E-state index in [9.17, 15) is 13.6 Å². The molecule has 4 nitrogen and oxygen atoms in total. The van der Waals surface area contributed by atoms with Gasteiger partial charge in [-0.2, -0.15) is 0 Å². The number of nitrogen functional groups attached to an aromatic ring is 1. The number of benzene rings is 1. The van der Waals surface area contributed by atoms with Crippen molar-refractivity contribution in [2.24, 2.45) is 0 Å². The third-order valence-corrected chi connectivity index (χ3v) is 2.22. The first kappa shape index (κ1) is 12.0. The zero-order valence-electron chi connectivity index (χ0n) is 9.15. The van der Waals surface area contributed by atoms with Crippen molar-refractivity contribution in [2.75, 3.05) is 11.1 Å². The van der Waals surface area contributed by atoms with Gasteiger partial charge in [-0.3, -0.25) is 4.79 Å². The summed E-state index contributed by atoms with van der Waals surface area (Å²) >= 11 is 0. The van der Waals surface area contributed by atoms with Gasteiger partial charge in [0.05, 0.1) is 11.9 Å². The van der Waals surface area contributed by atoms with E-state index in [1.807, 2.05) is 0 Å². The first-order chi connectivity index (χ1) is 8.56. The second-order valence-corrected chi connectivity index (χ2v) is 3.55. The summed E-state index contributed by atoms with van der Waals surface area (Å²) < 4.78 is 25.8. The fourth-order valence-electron chi connectivity index (χ4n) is 1.31. The Kier molecular flexibility index (Phi) is 3.18. The van der Waals surface area contributed by atoms with Crippen molar-refractivity contribution in [3.05, 3.63) is 53.9 Å². The van der Waals surface area contributed by atoms with E-state index in [-0.39, 0.29) is 17.1 Å². The molecule has 1 aromatic heterocycles. The predicted molar refractivity (Wildman–Crippen MR) is 63.0 cm³/mol. The lowest BCUT2D eigenvalue weighted by molar-refractivity contribution is 0.102. The minimum Gasteiger partial charge on any atom is -0.396 e. The van der Waals surface area contributed by atoms with Gasteiger partial charge in [0, 0.05) is 5.69 Å². The molecule has 0 unspecified atom stereocenters. The van der Waals surface area contributed by atoms with Crippen LogP contribution in [-0.2, 0) is 0 Å². The van der Waals surface area contributed by atoms with Crippen LogP contribution in [-0.4, -0.2) is 10.9 Å². The number of amides is 1. The van der Waals surface area contributed by atoms with Gasteiger partial charge in [0.25, 0.3) is 5.91 Å². The van der Waals surface area contributed by atoms with E-state index >= 15 is 0 Å². The molecule has 0 aliphatic rings. The first-order valence-electron chi connectivity index (χ1n) is 5.04. The molecule has 0 spiro atoms. The number of anilines is 2. The van der Waals surface area contributed by atoms with Gasteiger partial charge in [-0.25, -0.2) is 13.8 Å². The average Bonchev–Trinajstić information content (AvgIpc) is 2.34. The lowest BCUT2D eigenvalue weighted by atomic mass is 10.2. The van der Waals surface area contributed by atoms with Crippen LogP contribution in [0.3, 0.4) is 0 Å². The highest BCUT2D eigenvalue weighted by molar-refractivity contribution is 6.02. The summed E-state index contributed by atoms with van der Waals surface area (Å²) in [5.41, 5.74) is 5.58. The van der Waals surface area contributed by atoms with Crippen LogP contribution in [0.15, 0.2) is 36.5 Å². The van der Waals surface area contributed by atoms with Gasteiger partial charge in [-0.05, 0) is 30.3 Å². The topological polar surface area (TPSA) is 68.0 Å². The second kappa shape index (κ2) is 4.79. The van der Waals surface area contributed by atoms with Gasteiger partial charge in [0.2, 0.25) is 0 Å². The number of nitrogens with two attached hydrogens (primary N) is 1. The second-order valence-electron chi connectivity index (χ2n) is 3.55. The van der Waals surface area contributed by atoms with Gasteiger partial charge >= 0.3 is 0 Å². The number of nitrogens with zero attached hydrogens (tertiary/aromatic N) is 1. The average molecular weight is 249 g/mol. The molecule has 1 amide bonds. The molecule has 6 heteroatoms. The van der Waals surface area contributed by atoms with Gasteiger partial charge in [0.1, 0.15) is 17.3 Å². The summed E-state index contributed by atoms with van der Waals surface area (Å²) in [5.74, 6) is -1.72. The molecule has 0 radical (unpaired) electrons. The molecule has 0 saturated carbocycles. The standard InChI is InChI=1S/C12H9F2N3O/c13-7-1-4-11(16-6-7)12(18)17-8-2-3-10(15)9(14)5-8/h1-6H,15H2,(H,17,18). The molecule has 3 N–H and O–H groups in total. The Morgan fingerprint density at radius 3 is 2.61 bits per heavy atom. The SMILES string of the molecule is Nc1ccc(NC(=O)c2ccc(F)cn2)cc1F. The Balaban J connectivity index is 2.16. The summed E-state index contributed by atoms with van der Waals surface area (Å²) in [7, 11) is 0.